The highest BCUT2D eigenvalue weighted by Crippen LogP contribution is 2.25. The van der Waals surface area contributed by atoms with Crippen molar-refractivity contribution in [2.75, 3.05) is 19.7 Å². The lowest BCUT2D eigenvalue weighted by atomic mass is 10.0. The van der Waals surface area contributed by atoms with E-state index in [9.17, 15) is 9.59 Å². The van der Waals surface area contributed by atoms with Gasteiger partial charge in [0.25, 0.3) is 11.8 Å². The Morgan fingerprint density at radius 1 is 1.50 bits per heavy atom. The molecule has 1 saturated heterocycles. The number of primary amides is 1. The molecular formula is C14H20N2O3S. The fraction of sp³-hybridized carbons (Fsp3) is 0.571. The second-order valence-electron chi connectivity index (χ2n) is 5.56. The van der Waals surface area contributed by atoms with E-state index in [-0.39, 0.29) is 12.5 Å². The van der Waals surface area contributed by atoms with Gasteiger partial charge in [0.05, 0.1) is 18.7 Å². The van der Waals surface area contributed by atoms with Crippen molar-refractivity contribution < 1.29 is 14.3 Å². The molecule has 1 aromatic heterocycles. The van der Waals surface area contributed by atoms with Gasteiger partial charge in [-0.15, -0.1) is 11.3 Å². The average Bonchev–Trinajstić information content (AvgIpc) is 2.87. The number of hydrogen-bond acceptors (Lipinski definition) is 4. The summed E-state index contributed by atoms with van der Waals surface area (Å²) in [6, 6.07) is 1.93. The largest absolute Gasteiger partial charge is 0.367 e. The molecule has 2 heterocycles. The smallest absolute Gasteiger partial charge is 0.254 e. The van der Waals surface area contributed by atoms with Gasteiger partial charge in [0, 0.05) is 16.8 Å². The van der Waals surface area contributed by atoms with Crippen molar-refractivity contribution in [1.82, 2.24) is 4.90 Å². The number of morpholine rings is 1. The molecule has 6 heteroatoms. The standard InChI is InChI=1S/C14H20N2O3S/c1-9(2)11-6-10(7-20-11)12(17)16-4-5-19-14(3,8-16)13(15)18/h6-7,9H,4-5,8H2,1-3H3,(H2,15,18)/t14-/m1/s1. The highest BCUT2D eigenvalue weighted by atomic mass is 32.1. The maximum Gasteiger partial charge on any atom is 0.254 e. The Balaban J connectivity index is 2.14. The van der Waals surface area contributed by atoms with Crippen LogP contribution in [-0.2, 0) is 9.53 Å². The number of thiophene rings is 1. The minimum atomic E-state index is -1.09. The Labute approximate surface area is 122 Å². The topological polar surface area (TPSA) is 72.6 Å². The van der Waals surface area contributed by atoms with Gasteiger partial charge in [-0.1, -0.05) is 13.8 Å². The first kappa shape index (κ1) is 15.0. The van der Waals surface area contributed by atoms with Crippen LogP contribution in [-0.4, -0.2) is 42.0 Å². The fourth-order valence-electron chi connectivity index (χ4n) is 2.14. The fourth-order valence-corrected chi connectivity index (χ4v) is 3.04. The molecule has 2 amide bonds. The Morgan fingerprint density at radius 2 is 2.20 bits per heavy atom. The summed E-state index contributed by atoms with van der Waals surface area (Å²) in [6.07, 6.45) is 0. The molecule has 0 spiro atoms. The predicted octanol–water partition coefficient (Wildman–Crippen LogP) is 1.59. The van der Waals surface area contributed by atoms with Gasteiger partial charge >= 0.3 is 0 Å². The molecule has 110 valence electrons. The lowest BCUT2D eigenvalue weighted by Gasteiger charge is -2.38. The van der Waals surface area contributed by atoms with E-state index in [4.69, 9.17) is 10.5 Å². The van der Waals surface area contributed by atoms with Gasteiger partial charge in [-0.3, -0.25) is 9.59 Å². The van der Waals surface area contributed by atoms with Crippen molar-refractivity contribution >= 4 is 23.2 Å². The van der Waals surface area contributed by atoms with E-state index in [1.807, 2.05) is 11.4 Å². The quantitative estimate of drug-likeness (QED) is 0.920. The Bertz CT molecular complexity index is 526. The molecule has 0 radical (unpaired) electrons. The van der Waals surface area contributed by atoms with Crippen LogP contribution in [0.1, 0.15) is 41.9 Å². The maximum absolute atomic E-state index is 12.5. The maximum atomic E-state index is 12.5. The third-order valence-corrected chi connectivity index (χ3v) is 4.75. The Morgan fingerprint density at radius 3 is 2.75 bits per heavy atom. The molecule has 0 aromatic carbocycles. The van der Waals surface area contributed by atoms with E-state index in [1.165, 1.54) is 4.88 Å². The number of carbonyl (C=O) groups excluding carboxylic acids is 2. The van der Waals surface area contributed by atoms with Crippen LogP contribution < -0.4 is 5.73 Å². The first-order valence-electron chi connectivity index (χ1n) is 6.65. The number of nitrogens with two attached hydrogens (primary N) is 1. The normalized spacial score (nSPS) is 23.1. The van der Waals surface area contributed by atoms with E-state index in [1.54, 1.807) is 23.2 Å². The van der Waals surface area contributed by atoms with Crippen LogP contribution in [0, 0.1) is 0 Å². The van der Waals surface area contributed by atoms with Gasteiger partial charge in [0.1, 0.15) is 0 Å². The Kier molecular flexibility index (Phi) is 4.15. The summed E-state index contributed by atoms with van der Waals surface area (Å²) in [5.41, 5.74) is 4.93. The van der Waals surface area contributed by atoms with Crippen LogP contribution in [0.4, 0.5) is 0 Å². The molecule has 1 atom stereocenters. The molecule has 5 nitrogen and oxygen atoms in total. The summed E-state index contributed by atoms with van der Waals surface area (Å²) in [6.45, 7) is 6.83. The summed E-state index contributed by atoms with van der Waals surface area (Å²) in [7, 11) is 0. The van der Waals surface area contributed by atoms with E-state index in [0.29, 0.717) is 24.6 Å². The van der Waals surface area contributed by atoms with E-state index in [0.717, 1.165) is 0 Å². The average molecular weight is 296 g/mol. The zero-order valence-electron chi connectivity index (χ0n) is 12.0. The number of amides is 2. The molecule has 1 aliphatic rings. The van der Waals surface area contributed by atoms with Crippen molar-refractivity contribution in [3.63, 3.8) is 0 Å². The van der Waals surface area contributed by atoms with Crippen molar-refractivity contribution in [2.45, 2.75) is 32.3 Å². The third-order valence-electron chi connectivity index (χ3n) is 3.52. The summed E-state index contributed by atoms with van der Waals surface area (Å²) in [5, 5.41) is 1.87. The van der Waals surface area contributed by atoms with Crippen LogP contribution in [0.15, 0.2) is 11.4 Å². The van der Waals surface area contributed by atoms with E-state index in [2.05, 4.69) is 13.8 Å². The van der Waals surface area contributed by atoms with Crippen LogP contribution in [0.5, 0.6) is 0 Å². The number of hydrogen-bond donors (Lipinski definition) is 1. The lowest BCUT2D eigenvalue weighted by Crippen LogP contribution is -2.58. The summed E-state index contributed by atoms with van der Waals surface area (Å²) in [4.78, 5) is 26.7. The van der Waals surface area contributed by atoms with Crippen molar-refractivity contribution in [3.8, 4) is 0 Å². The zero-order valence-corrected chi connectivity index (χ0v) is 12.8. The summed E-state index contributed by atoms with van der Waals surface area (Å²) in [5.74, 6) is -0.200. The second kappa shape index (κ2) is 5.54. The van der Waals surface area contributed by atoms with Crippen molar-refractivity contribution in [2.24, 2.45) is 5.73 Å². The van der Waals surface area contributed by atoms with Gasteiger partial charge in [-0.2, -0.15) is 0 Å². The number of rotatable bonds is 3. The van der Waals surface area contributed by atoms with Gasteiger partial charge in [-0.25, -0.2) is 0 Å². The molecule has 0 bridgehead atoms. The molecule has 2 rings (SSSR count). The number of ether oxygens (including phenoxy) is 1. The summed E-state index contributed by atoms with van der Waals surface area (Å²) >= 11 is 1.59. The first-order valence-corrected chi connectivity index (χ1v) is 7.53. The summed E-state index contributed by atoms with van der Waals surface area (Å²) < 4.78 is 5.42. The van der Waals surface area contributed by atoms with Crippen LogP contribution in [0.25, 0.3) is 0 Å². The number of carbonyl (C=O) groups is 2. The first-order chi connectivity index (χ1) is 9.33. The molecule has 1 aromatic rings. The molecule has 1 fully saturated rings. The van der Waals surface area contributed by atoms with Crippen molar-refractivity contribution in [3.05, 3.63) is 21.9 Å². The highest BCUT2D eigenvalue weighted by Gasteiger charge is 2.39. The molecular weight excluding hydrogens is 276 g/mol. The van der Waals surface area contributed by atoms with Gasteiger partial charge < -0.3 is 15.4 Å². The van der Waals surface area contributed by atoms with Gasteiger partial charge in [0.2, 0.25) is 0 Å². The van der Waals surface area contributed by atoms with E-state index >= 15 is 0 Å². The SMILES string of the molecule is CC(C)c1cc(C(=O)N2CCO[C@@](C)(C(N)=O)C2)cs1. The molecule has 20 heavy (non-hydrogen) atoms. The van der Waals surface area contributed by atoms with Crippen LogP contribution in [0.2, 0.25) is 0 Å². The van der Waals surface area contributed by atoms with Crippen molar-refractivity contribution in [1.29, 1.82) is 0 Å². The molecule has 0 saturated carbocycles. The zero-order chi connectivity index (χ0) is 14.9. The molecule has 2 N–H and O–H groups in total. The van der Waals surface area contributed by atoms with Crippen LogP contribution in [0.3, 0.4) is 0 Å². The molecule has 0 unspecified atom stereocenters. The lowest BCUT2D eigenvalue weighted by molar-refractivity contribution is -0.150. The number of nitrogens with zero attached hydrogens (tertiary/aromatic N) is 1. The predicted molar refractivity (Wildman–Crippen MR) is 77.9 cm³/mol. The Hall–Kier alpha value is -1.40. The van der Waals surface area contributed by atoms with Gasteiger partial charge in [-0.05, 0) is 18.9 Å². The molecule has 0 aliphatic carbocycles. The minimum Gasteiger partial charge on any atom is -0.367 e. The molecule has 1 aliphatic heterocycles. The van der Waals surface area contributed by atoms with Gasteiger partial charge in [0.15, 0.2) is 5.60 Å². The second-order valence-corrected chi connectivity index (χ2v) is 6.51. The highest BCUT2D eigenvalue weighted by molar-refractivity contribution is 7.10. The van der Waals surface area contributed by atoms with E-state index < -0.39 is 11.5 Å². The minimum absolute atomic E-state index is 0.0658. The monoisotopic (exact) mass is 296 g/mol. The third kappa shape index (κ3) is 2.86. The van der Waals surface area contributed by atoms with Crippen LogP contribution >= 0.6 is 11.3 Å².